The average molecular weight is 215 g/mol. The minimum atomic E-state index is -2.42. The van der Waals surface area contributed by atoms with Gasteiger partial charge in [-0.15, -0.1) is 0 Å². The highest BCUT2D eigenvalue weighted by Gasteiger charge is 2.20. The lowest BCUT2D eigenvalue weighted by Crippen LogP contribution is -2.11. The number of amides is 1. The first-order valence-corrected chi connectivity index (χ1v) is 6.76. The van der Waals surface area contributed by atoms with E-state index in [1.807, 2.05) is 0 Å². The van der Waals surface area contributed by atoms with Gasteiger partial charge in [-0.3, -0.25) is 4.79 Å². The predicted molar refractivity (Wildman–Crippen MR) is 50.3 cm³/mol. The molecule has 0 rings (SSSR count). The van der Waals surface area contributed by atoms with E-state index in [1.165, 1.54) is 21.3 Å². The Morgan fingerprint density at radius 3 is 2.27 bits per heavy atom. The first-order chi connectivity index (χ1) is 5.08. The summed E-state index contributed by atoms with van der Waals surface area (Å²) in [4.78, 5) is 10.8. The van der Waals surface area contributed by atoms with Gasteiger partial charge in [-0.25, -0.2) is 0 Å². The van der Waals surface area contributed by atoms with Crippen molar-refractivity contribution >= 4 is 34.1 Å². The fourth-order valence-corrected chi connectivity index (χ4v) is 2.83. The SMILES string of the molecule is CNC(=O)SP(=S)(OC)OC. The van der Waals surface area contributed by atoms with Crippen LogP contribution in [0, 0.1) is 0 Å². The summed E-state index contributed by atoms with van der Waals surface area (Å²) in [6, 6.07) is 0. The summed E-state index contributed by atoms with van der Waals surface area (Å²) in [5.41, 5.74) is -2.42. The van der Waals surface area contributed by atoms with Gasteiger partial charge < -0.3 is 14.4 Å². The van der Waals surface area contributed by atoms with Crippen molar-refractivity contribution in [2.75, 3.05) is 21.3 Å². The quantitative estimate of drug-likeness (QED) is 0.724. The monoisotopic (exact) mass is 215 g/mol. The Hall–Kier alpha value is 0.390. The second kappa shape index (κ2) is 5.11. The molecule has 0 aliphatic carbocycles. The fraction of sp³-hybridized carbons (Fsp3) is 0.750. The van der Waals surface area contributed by atoms with Gasteiger partial charge in [-0.1, -0.05) is 0 Å². The minimum absolute atomic E-state index is 0.239. The maximum absolute atomic E-state index is 10.8. The van der Waals surface area contributed by atoms with Crippen molar-refractivity contribution < 1.29 is 13.8 Å². The molecule has 0 aromatic heterocycles. The second-order valence-corrected chi connectivity index (χ2v) is 7.74. The van der Waals surface area contributed by atoms with Crippen LogP contribution in [0.5, 0.6) is 0 Å². The topological polar surface area (TPSA) is 47.6 Å². The molecule has 0 heterocycles. The Labute approximate surface area is 74.9 Å². The number of carbonyl (C=O) groups is 1. The van der Waals surface area contributed by atoms with Gasteiger partial charge in [-0.05, 0) is 11.8 Å². The Morgan fingerprint density at radius 1 is 1.55 bits per heavy atom. The van der Waals surface area contributed by atoms with Crippen LogP contribution >= 0.6 is 17.1 Å². The average Bonchev–Trinajstić information content (AvgIpc) is 2.04. The van der Waals surface area contributed by atoms with Crippen LogP contribution in [0.15, 0.2) is 0 Å². The Bertz CT molecular complexity index is 178. The molecule has 0 radical (unpaired) electrons. The molecule has 66 valence electrons. The molecule has 0 bridgehead atoms. The van der Waals surface area contributed by atoms with E-state index in [1.54, 1.807) is 0 Å². The van der Waals surface area contributed by atoms with E-state index in [2.05, 4.69) is 5.32 Å². The van der Waals surface area contributed by atoms with Gasteiger partial charge in [0.25, 0.3) is 10.9 Å². The van der Waals surface area contributed by atoms with Gasteiger partial charge in [0.05, 0.1) is 0 Å². The first-order valence-electron chi connectivity index (χ1n) is 2.71. The van der Waals surface area contributed by atoms with Crippen LogP contribution in [-0.4, -0.2) is 26.5 Å². The molecule has 0 atom stereocenters. The highest BCUT2D eigenvalue weighted by Crippen LogP contribution is 2.59. The summed E-state index contributed by atoms with van der Waals surface area (Å²) in [5, 5.41) is 2.18. The molecule has 7 heteroatoms. The number of hydrogen-bond acceptors (Lipinski definition) is 5. The number of carbonyl (C=O) groups excluding carboxylic acids is 1. The first kappa shape index (κ1) is 11.4. The van der Waals surface area contributed by atoms with Gasteiger partial charge in [-0.2, -0.15) is 0 Å². The molecule has 0 saturated heterocycles. The van der Waals surface area contributed by atoms with Crippen LogP contribution in [0.4, 0.5) is 4.79 Å². The second-order valence-electron chi connectivity index (χ2n) is 1.44. The normalized spacial score (nSPS) is 11.2. The van der Waals surface area contributed by atoms with Crippen molar-refractivity contribution in [1.29, 1.82) is 0 Å². The molecule has 0 fully saturated rings. The van der Waals surface area contributed by atoms with E-state index in [-0.39, 0.29) is 5.24 Å². The molecule has 0 aliphatic heterocycles. The van der Waals surface area contributed by atoms with Crippen LogP contribution < -0.4 is 5.32 Å². The predicted octanol–water partition coefficient (Wildman–Crippen LogP) is 1.58. The van der Waals surface area contributed by atoms with Crippen molar-refractivity contribution in [1.82, 2.24) is 5.32 Å². The van der Waals surface area contributed by atoms with Crippen LogP contribution in [-0.2, 0) is 20.9 Å². The van der Waals surface area contributed by atoms with Crippen molar-refractivity contribution in [2.24, 2.45) is 0 Å². The molecule has 1 amide bonds. The molecule has 0 aliphatic rings. The lowest BCUT2D eigenvalue weighted by molar-refractivity contribution is 0.262. The standard InChI is InChI=1S/C4H10NO3PS2/c1-5-4(6)11-9(10,7-2)8-3/h1-3H3,(H,5,6). The molecular formula is C4H10NO3PS2. The van der Waals surface area contributed by atoms with Gasteiger partial charge in [0.15, 0.2) is 0 Å². The third-order valence-corrected chi connectivity index (χ3v) is 5.96. The van der Waals surface area contributed by atoms with Gasteiger partial charge in [0.1, 0.15) is 0 Å². The fourth-order valence-electron chi connectivity index (χ4n) is 0.296. The summed E-state index contributed by atoms with van der Waals surface area (Å²) in [7, 11) is 4.39. The van der Waals surface area contributed by atoms with Gasteiger partial charge in [0.2, 0.25) is 0 Å². The lowest BCUT2D eigenvalue weighted by Gasteiger charge is -2.14. The third-order valence-electron chi connectivity index (χ3n) is 0.846. The van der Waals surface area contributed by atoms with Gasteiger partial charge >= 0.3 is 0 Å². The zero-order chi connectivity index (χ0) is 8.91. The number of hydrogen-bond donors (Lipinski definition) is 1. The zero-order valence-electron chi connectivity index (χ0n) is 6.49. The maximum Gasteiger partial charge on any atom is 0.287 e. The molecule has 0 saturated carbocycles. The number of rotatable bonds is 3. The highest BCUT2D eigenvalue weighted by atomic mass is 32.9. The third kappa shape index (κ3) is 4.08. The summed E-state index contributed by atoms with van der Waals surface area (Å²) in [6.45, 7) is 0. The Morgan fingerprint density at radius 2 is 2.00 bits per heavy atom. The molecule has 0 spiro atoms. The van der Waals surface area contributed by atoms with Crippen LogP contribution in [0.25, 0.3) is 0 Å². The van der Waals surface area contributed by atoms with E-state index >= 15 is 0 Å². The largest absolute Gasteiger partial charge is 0.350 e. The molecule has 11 heavy (non-hydrogen) atoms. The van der Waals surface area contributed by atoms with Crippen LogP contribution in [0.1, 0.15) is 0 Å². The van der Waals surface area contributed by atoms with E-state index in [9.17, 15) is 4.79 Å². The van der Waals surface area contributed by atoms with E-state index in [0.717, 1.165) is 11.4 Å². The van der Waals surface area contributed by atoms with Crippen molar-refractivity contribution in [3.63, 3.8) is 0 Å². The summed E-state index contributed by atoms with van der Waals surface area (Å²) < 4.78 is 9.73. The van der Waals surface area contributed by atoms with Crippen LogP contribution in [0.2, 0.25) is 0 Å². The molecular weight excluding hydrogens is 205 g/mol. The highest BCUT2D eigenvalue weighted by molar-refractivity contribution is 8.73. The van der Waals surface area contributed by atoms with Crippen LogP contribution in [0.3, 0.4) is 0 Å². The molecule has 1 N–H and O–H groups in total. The maximum atomic E-state index is 10.8. The molecule has 0 unspecified atom stereocenters. The number of nitrogens with one attached hydrogen (secondary N) is 1. The lowest BCUT2D eigenvalue weighted by atomic mass is 11.2. The molecule has 0 aromatic carbocycles. The van der Waals surface area contributed by atoms with Gasteiger partial charge in [0, 0.05) is 32.6 Å². The summed E-state index contributed by atoms with van der Waals surface area (Å²) in [5.74, 6) is 0. The van der Waals surface area contributed by atoms with E-state index in [4.69, 9.17) is 20.9 Å². The van der Waals surface area contributed by atoms with Crippen molar-refractivity contribution in [3.8, 4) is 0 Å². The molecule has 0 aromatic rings. The minimum Gasteiger partial charge on any atom is -0.350 e. The Balaban J connectivity index is 4.09. The smallest absolute Gasteiger partial charge is 0.287 e. The van der Waals surface area contributed by atoms with E-state index in [0.29, 0.717) is 0 Å². The summed E-state index contributed by atoms with van der Waals surface area (Å²) >= 11 is 5.79. The van der Waals surface area contributed by atoms with Crippen molar-refractivity contribution in [3.05, 3.63) is 0 Å². The molecule has 4 nitrogen and oxygen atoms in total. The van der Waals surface area contributed by atoms with E-state index < -0.39 is 5.69 Å². The summed E-state index contributed by atoms with van der Waals surface area (Å²) in [6.07, 6.45) is 0. The Kier molecular flexibility index (Phi) is 5.29. The van der Waals surface area contributed by atoms with Crippen molar-refractivity contribution in [2.45, 2.75) is 0 Å². The zero-order valence-corrected chi connectivity index (χ0v) is 9.02.